The highest BCUT2D eigenvalue weighted by Gasteiger charge is 1.98. The molecular formula is C17H17NO. The predicted octanol–water partition coefficient (Wildman–Crippen LogP) is 3.87. The van der Waals surface area contributed by atoms with E-state index >= 15 is 0 Å². The topological polar surface area (TPSA) is 29.1 Å². The van der Waals surface area contributed by atoms with Gasteiger partial charge in [0, 0.05) is 11.8 Å². The minimum Gasteiger partial charge on any atom is -0.323 e. The summed E-state index contributed by atoms with van der Waals surface area (Å²) in [6.07, 6.45) is 13.6. The Morgan fingerprint density at radius 1 is 1.21 bits per heavy atom. The molecule has 1 aromatic carbocycles. The van der Waals surface area contributed by atoms with E-state index in [2.05, 4.69) is 24.4 Å². The van der Waals surface area contributed by atoms with E-state index in [1.54, 1.807) is 6.08 Å². The fraction of sp³-hybridized carbons (Fsp3) is 0.118. The lowest BCUT2D eigenvalue weighted by atomic mass is 10.1. The van der Waals surface area contributed by atoms with Crippen LogP contribution in [0.3, 0.4) is 0 Å². The highest BCUT2D eigenvalue weighted by atomic mass is 16.1. The Kier molecular flexibility index (Phi) is 4.51. The van der Waals surface area contributed by atoms with Gasteiger partial charge >= 0.3 is 0 Å². The van der Waals surface area contributed by atoms with Crippen LogP contribution in [0, 0.1) is 5.92 Å². The summed E-state index contributed by atoms with van der Waals surface area (Å²) in [6.45, 7) is 2.12. The summed E-state index contributed by atoms with van der Waals surface area (Å²) in [5, 5.41) is 2.81. The van der Waals surface area contributed by atoms with E-state index in [1.807, 2.05) is 54.6 Å². The van der Waals surface area contributed by atoms with Crippen molar-refractivity contribution in [3.63, 3.8) is 0 Å². The number of carbonyl (C=O) groups is 1. The molecule has 1 aliphatic rings. The highest BCUT2D eigenvalue weighted by molar-refractivity contribution is 5.99. The van der Waals surface area contributed by atoms with Crippen molar-refractivity contribution in [3.05, 3.63) is 78.4 Å². The number of benzene rings is 1. The van der Waals surface area contributed by atoms with E-state index < -0.39 is 0 Å². The molecule has 19 heavy (non-hydrogen) atoms. The van der Waals surface area contributed by atoms with E-state index in [4.69, 9.17) is 0 Å². The molecule has 1 unspecified atom stereocenters. The average molecular weight is 251 g/mol. The molecule has 1 N–H and O–H groups in total. The number of hydrogen-bond donors (Lipinski definition) is 1. The van der Waals surface area contributed by atoms with Crippen LogP contribution in [0.15, 0.2) is 78.4 Å². The molecule has 2 rings (SSSR count). The molecule has 0 saturated carbocycles. The van der Waals surface area contributed by atoms with Crippen LogP contribution in [0.1, 0.15) is 6.92 Å². The molecule has 1 aliphatic carbocycles. The summed E-state index contributed by atoms with van der Waals surface area (Å²) in [5.74, 6) is 0.307. The van der Waals surface area contributed by atoms with E-state index in [1.165, 1.54) is 0 Å². The second-order valence-corrected chi connectivity index (χ2v) is 4.46. The molecule has 0 saturated heterocycles. The van der Waals surface area contributed by atoms with Crippen molar-refractivity contribution in [2.45, 2.75) is 6.92 Å². The van der Waals surface area contributed by atoms with Gasteiger partial charge in [0.25, 0.3) is 0 Å². The van der Waals surface area contributed by atoms with Crippen LogP contribution in [-0.2, 0) is 4.79 Å². The first-order chi connectivity index (χ1) is 9.24. The van der Waals surface area contributed by atoms with E-state index in [-0.39, 0.29) is 5.91 Å². The van der Waals surface area contributed by atoms with Gasteiger partial charge in [-0.2, -0.15) is 0 Å². The standard InChI is InChI=1S/C17H17NO/c1-14-6-5-7-15(11-10-14)12-13-17(19)18-16-8-3-2-4-9-16/h2-14H,1H3,(H,18,19)/b13-12+. The van der Waals surface area contributed by atoms with E-state index in [0.717, 1.165) is 11.3 Å². The van der Waals surface area contributed by atoms with Crippen LogP contribution >= 0.6 is 0 Å². The van der Waals surface area contributed by atoms with Crippen molar-refractivity contribution in [2.75, 3.05) is 5.32 Å². The van der Waals surface area contributed by atoms with Crippen molar-refractivity contribution in [1.82, 2.24) is 0 Å². The van der Waals surface area contributed by atoms with Gasteiger partial charge in [-0.05, 0) is 29.7 Å². The smallest absolute Gasteiger partial charge is 0.248 e. The SMILES string of the molecule is CC1C=CC=C(/C=C/C(=O)Nc2ccccc2)C=C1. The second kappa shape index (κ2) is 6.55. The lowest BCUT2D eigenvalue weighted by Crippen LogP contribution is -2.07. The number of carbonyl (C=O) groups excluding carboxylic acids is 1. The number of para-hydroxylation sites is 1. The van der Waals surface area contributed by atoms with Gasteiger partial charge in [0.05, 0.1) is 0 Å². The Hall–Kier alpha value is -2.35. The minimum atomic E-state index is -0.123. The lowest BCUT2D eigenvalue weighted by molar-refractivity contribution is -0.111. The van der Waals surface area contributed by atoms with Gasteiger partial charge in [0.15, 0.2) is 0 Å². The minimum absolute atomic E-state index is 0.123. The van der Waals surface area contributed by atoms with Crippen LogP contribution < -0.4 is 5.32 Å². The third kappa shape index (κ3) is 4.43. The summed E-state index contributed by atoms with van der Waals surface area (Å²) in [5.41, 5.74) is 1.82. The maximum absolute atomic E-state index is 11.7. The first-order valence-corrected chi connectivity index (χ1v) is 6.35. The number of rotatable bonds is 3. The maximum Gasteiger partial charge on any atom is 0.248 e. The van der Waals surface area contributed by atoms with Crippen LogP contribution in [0.25, 0.3) is 0 Å². The van der Waals surface area contributed by atoms with Crippen LogP contribution in [0.4, 0.5) is 5.69 Å². The molecule has 0 bridgehead atoms. The maximum atomic E-state index is 11.7. The summed E-state index contributed by atoms with van der Waals surface area (Å²) in [4.78, 5) is 11.7. The second-order valence-electron chi connectivity index (χ2n) is 4.46. The van der Waals surface area contributed by atoms with Crippen LogP contribution in [0.2, 0.25) is 0 Å². The van der Waals surface area contributed by atoms with Gasteiger partial charge in [0.1, 0.15) is 0 Å². The monoisotopic (exact) mass is 251 g/mol. The third-order valence-electron chi connectivity index (χ3n) is 2.76. The fourth-order valence-electron chi connectivity index (χ4n) is 1.71. The zero-order chi connectivity index (χ0) is 13.5. The number of hydrogen-bond acceptors (Lipinski definition) is 1. The van der Waals surface area contributed by atoms with Crippen molar-refractivity contribution < 1.29 is 4.79 Å². The number of anilines is 1. The van der Waals surface area contributed by atoms with E-state index in [9.17, 15) is 4.79 Å². The van der Waals surface area contributed by atoms with Gasteiger partial charge in [-0.25, -0.2) is 0 Å². The predicted molar refractivity (Wildman–Crippen MR) is 79.7 cm³/mol. The first-order valence-electron chi connectivity index (χ1n) is 6.35. The molecule has 0 fully saturated rings. The quantitative estimate of drug-likeness (QED) is 0.812. The van der Waals surface area contributed by atoms with Gasteiger partial charge in [0.2, 0.25) is 5.91 Å². The molecule has 0 aliphatic heterocycles. The fourth-order valence-corrected chi connectivity index (χ4v) is 1.71. The van der Waals surface area contributed by atoms with Crippen molar-refractivity contribution >= 4 is 11.6 Å². The first kappa shape index (κ1) is 13.1. The van der Waals surface area contributed by atoms with Gasteiger partial charge in [-0.3, -0.25) is 4.79 Å². The number of nitrogens with one attached hydrogen (secondary N) is 1. The summed E-state index contributed by atoms with van der Waals surface area (Å²) in [7, 11) is 0. The molecular weight excluding hydrogens is 234 g/mol. The van der Waals surface area contributed by atoms with Crippen LogP contribution in [-0.4, -0.2) is 5.91 Å². The lowest BCUT2D eigenvalue weighted by Gasteiger charge is -2.00. The van der Waals surface area contributed by atoms with E-state index in [0.29, 0.717) is 5.92 Å². The summed E-state index contributed by atoms with van der Waals surface area (Å²) >= 11 is 0. The van der Waals surface area contributed by atoms with Crippen molar-refractivity contribution in [3.8, 4) is 0 Å². The molecule has 1 amide bonds. The average Bonchev–Trinajstić information content (AvgIpc) is 2.62. The molecule has 2 heteroatoms. The van der Waals surface area contributed by atoms with Crippen molar-refractivity contribution in [2.24, 2.45) is 5.92 Å². The summed E-state index contributed by atoms with van der Waals surface area (Å²) < 4.78 is 0. The van der Waals surface area contributed by atoms with Gasteiger partial charge in [-0.15, -0.1) is 0 Å². The zero-order valence-electron chi connectivity index (χ0n) is 10.9. The van der Waals surface area contributed by atoms with Crippen molar-refractivity contribution in [1.29, 1.82) is 0 Å². The Labute approximate surface area is 113 Å². The normalized spacial score (nSPS) is 18.2. The van der Waals surface area contributed by atoms with Gasteiger partial charge in [-0.1, -0.05) is 55.5 Å². The molecule has 1 aromatic rings. The third-order valence-corrected chi connectivity index (χ3v) is 2.76. The Morgan fingerprint density at radius 3 is 2.79 bits per heavy atom. The highest BCUT2D eigenvalue weighted by Crippen LogP contribution is 2.11. The Bertz CT molecular complexity index is 550. The Balaban J connectivity index is 1.96. The number of allylic oxidation sites excluding steroid dienone is 7. The molecule has 0 aromatic heterocycles. The molecule has 1 atom stereocenters. The molecule has 2 nitrogen and oxygen atoms in total. The van der Waals surface area contributed by atoms with Gasteiger partial charge < -0.3 is 5.32 Å². The summed E-state index contributed by atoms with van der Waals surface area (Å²) in [6, 6.07) is 9.42. The molecule has 0 spiro atoms. The largest absolute Gasteiger partial charge is 0.323 e. The number of amides is 1. The Morgan fingerprint density at radius 2 is 2.00 bits per heavy atom. The zero-order valence-corrected chi connectivity index (χ0v) is 10.9. The molecule has 0 radical (unpaired) electrons. The van der Waals surface area contributed by atoms with Crippen LogP contribution in [0.5, 0.6) is 0 Å². The molecule has 0 heterocycles. The molecule has 96 valence electrons.